The largest absolute Gasteiger partial charge is 0.396 e. The lowest BCUT2D eigenvalue weighted by Gasteiger charge is -2.08. The van der Waals surface area contributed by atoms with Gasteiger partial charge in [0, 0.05) is 13.2 Å². The SMILES string of the molecule is CC(CO)CCCNc1ccc(N)nn1. The van der Waals surface area contributed by atoms with Gasteiger partial charge in [-0.05, 0) is 30.9 Å². The van der Waals surface area contributed by atoms with Crippen molar-refractivity contribution in [1.29, 1.82) is 0 Å². The van der Waals surface area contributed by atoms with Gasteiger partial charge in [0.05, 0.1) is 0 Å². The summed E-state index contributed by atoms with van der Waals surface area (Å²) in [6.07, 6.45) is 2.01. The number of aliphatic hydroxyl groups excluding tert-OH is 1. The Morgan fingerprint density at radius 3 is 2.87 bits per heavy atom. The van der Waals surface area contributed by atoms with Crippen molar-refractivity contribution < 1.29 is 5.11 Å². The summed E-state index contributed by atoms with van der Waals surface area (Å²) in [6, 6.07) is 3.52. The van der Waals surface area contributed by atoms with Crippen molar-refractivity contribution >= 4 is 11.6 Å². The summed E-state index contributed by atoms with van der Waals surface area (Å²) >= 11 is 0. The molecule has 5 nitrogen and oxygen atoms in total. The van der Waals surface area contributed by atoms with Crippen LogP contribution in [0.25, 0.3) is 0 Å². The molecule has 0 aromatic carbocycles. The van der Waals surface area contributed by atoms with Crippen LogP contribution in [-0.4, -0.2) is 28.5 Å². The van der Waals surface area contributed by atoms with Crippen molar-refractivity contribution in [3.8, 4) is 0 Å². The van der Waals surface area contributed by atoms with E-state index in [4.69, 9.17) is 10.8 Å². The van der Waals surface area contributed by atoms with Gasteiger partial charge in [0.15, 0.2) is 0 Å². The third-order valence-corrected chi connectivity index (χ3v) is 2.18. The molecule has 1 aromatic heterocycles. The minimum Gasteiger partial charge on any atom is -0.396 e. The summed E-state index contributed by atoms with van der Waals surface area (Å²) in [5, 5.41) is 19.6. The zero-order valence-electron chi connectivity index (χ0n) is 8.98. The third kappa shape index (κ3) is 4.60. The van der Waals surface area contributed by atoms with Gasteiger partial charge in [-0.2, -0.15) is 0 Å². The Labute approximate surface area is 89.7 Å². The van der Waals surface area contributed by atoms with Gasteiger partial charge in [-0.1, -0.05) is 6.92 Å². The first-order chi connectivity index (χ1) is 7.22. The number of hydrogen-bond donors (Lipinski definition) is 3. The molecule has 1 heterocycles. The van der Waals surface area contributed by atoms with Crippen LogP contribution in [0, 0.1) is 5.92 Å². The van der Waals surface area contributed by atoms with Gasteiger partial charge < -0.3 is 16.2 Å². The molecule has 4 N–H and O–H groups in total. The fourth-order valence-electron chi connectivity index (χ4n) is 1.20. The standard InChI is InChI=1S/C10H18N4O/c1-8(7-15)3-2-6-12-10-5-4-9(11)13-14-10/h4-5,8,15H,2-3,6-7H2,1H3,(H2,11,13)(H,12,14). The molecule has 0 aliphatic heterocycles. The molecule has 0 aliphatic rings. The zero-order chi connectivity index (χ0) is 11.1. The van der Waals surface area contributed by atoms with Crippen LogP contribution in [0.1, 0.15) is 19.8 Å². The van der Waals surface area contributed by atoms with Crippen LogP contribution >= 0.6 is 0 Å². The second kappa shape index (κ2) is 6.19. The number of anilines is 2. The summed E-state index contributed by atoms with van der Waals surface area (Å²) < 4.78 is 0. The highest BCUT2D eigenvalue weighted by molar-refractivity contribution is 5.38. The van der Waals surface area contributed by atoms with Gasteiger partial charge in [0.1, 0.15) is 11.6 Å². The van der Waals surface area contributed by atoms with Crippen LogP contribution < -0.4 is 11.1 Å². The number of aliphatic hydroxyl groups is 1. The molecule has 0 aliphatic carbocycles. The first kappa shape index (κ1) is 11.7. The summed E-state index contributed by atoms with van der Waals surface area (Å²) in [6.45, 7) is 3.12. The number of rotatable bonds is 6. The minimum absolute atomic E-state index is 0.252. The maximum absolute atomic E-state index is 8.83. The molecule has 0 spiro atoms. The average Bonchev–Trinajstić information content (AvgIpc) is 2.26. The Kier molecular flexibility index (Phi) is 4.83. The first-order valence-electron chi connectivity index (χ1n) is 5.16. The Morgan fingerprint density at radius 2 is 2.27 bits per heavy atom. The van der Waals surface area contributed by atoms with Crippen molar-refractivity contribution in [3.63, 3.8) is 0 Å². The number of nitrogens with one attached hydrogen (secondary N) is 1. The molecule has 0 saturated carbocycles. The molecule has 0 amide bonds. The molecule has 0 saturated heterocycles. The van der Waals surface area contributed by atoms with Gasteiger partial charge in [0.25, 0.3) is 0 Å². The van der Waals surface area contributed by atoms with E-state index in [1.807, 2.05) is 6.92 Å². The maximum atomic E-state index is 8.83. The lowest BCUT2D eigenvalue weighted by Crippen LogP contribution is -2.08. The number of nitrogen functional groups attached to an aromatic ring is 1. The molecular weight excluding hydrogens is 192 g/mol. The van der Waals surface area contributed by atoms with E-state index >= 15 is 0 Å². The quantitative estimate of drug-likeness (QED) is 0.607. The van der Waals surface area contributed by atoms with Crippen molar-refractivity contribution in [3.05, 3.63) is 12.1 Å². The lowest BCUT2D eigenvalue weighted by atomic mass is 10.1. The molecule has 5 heteroatoms. The normalized spacial score (nSPS) is 12.4. The summed E-state index contributed by atoms with van der Waals surface area (Å²) in [5.74, 6) is 1.53. The van der Waals surface area contributed by atoms with Crippen LogP contribution in [0.5, 0.6) is 0 Å². The van der Waals surface area contributed by atoms with E-state index in [0.29, 0.717) is 11.7 Å². The van der Waals surface area contributed by atoms with Crippen molar-refractivity contribution in [2.24, 2.45) is 5.92 Å². The van der Waals surface area contributed by atoms with E-state index in [1.165, 1.54) is 0 Å². The number of hydrogen-bond acceptors (Lipinski definition) is 5. The van der Waals surface area contributed by atoms with Gasteiger partial charge in [0.2, 0.25) is 0 Å². The predicted molar refractivity (Wildman–Crippen MR) is 60.4 cm³/mol. The van der Waals surface area contributed by atoms with E-state index in [9.17, 15) is 0 Å². The van der Waals surface area contributed by atoms with Crippen LogP contribution in [0.2, 0.25) is 0 Å². The fraction of sp³-hybridized carbons (Fsp3) is 0.600. The number of nitrogens with zero attached hydrogens (tertiary/aromatic N) is 2. The van der Waals surface area contributed by atoms with Crippen molar-refractivity contribution in [2.45, 2.75) is 19.8 Å². The monoisotopic (exact) mass is 210 g/mol. The molecule has 1 rings (SSSR count). The summed E-state index contributed by atoms with van der Waals surface area (Å²) in [7, 11) is 0. The molecule has 15 heavy (non-hydrogen) atoms. The minimum atomic E-state index is 0.252. The molecule has 0 bridgehead atoms. The van der Waals surface area contributed by atoms with Crippen LogP contribution in [-0.2, 0) is 0 Å². The Balaban J connectivity index is 2.17. The van der Waals surface area contributed by atoms with Crippen LogP contribution in [0.4, 0.5) is 11.6 Å². The van der Waals surface area contributed by atoms with E-state index < -0.39 is 0 Å². The highest BCUT2D eigenvalue weighted by Gasteiger charge is 1.99. The second-order valence-corrected chi connectivity index (χ2v) is 3.70. The molecule has 0 fully saturated rings. The maximum Gasteiger partial charge on any atom is 0.148 e. The van der Waals surface area contributed by atoms with Crippen molar-refractivity contribution in [1.82, 2.24) is 10.2 Å². The average molecular weight is 210 g/mol. The topological polar surface area (TPSA) is 84.1 Å². The Bertz CT molecular complexity index is 275. The van der Waals surface area contributed by atoms with E-state index in [1.54, 1.807) is 12.1 Å². The molecular formula is C10H18N4O. The van der Waals surface area contributed by atoms with E-state index in [0.717, 1.165) is 25.2 Å². The van der Waals surface area contributed by atoms with Gasteiger partial charge in [-0.25, -0.2) is 0 Å². The highest BCUT2D eigenvalue weighted by atomic mass is 16.3. The van der Waals surface area contributed by atoms with E-state index in [-0.39, 0.29) is 6.61 Å². The predicted octanol–water partition coefficient (Wildman–Crippen LogP) is 0.879. The van der Waals surface area contributed by atoms with Crippen LogP contribution in [0.3, 0.4) is 0 Å². The van der Waals surface area contributed by atoms with Crippen molar-refractivity contribution in [2.75, 3.05) is 24.2 Å². The number of nitrogens with two attached hydrogens (primary N) is 1. The fourth-order valence-corrected chi connectivity index (χ4v) is 1.20. The molecule has 1 aromatic rings. The highest BCUT2D eigenvalue weighted by Crippen LogP contribution is 2.06. The Morgan fingerprint density at radius 1 is 1.47 bits per heavy atom. The lowest BCUT2D eigenvalue weighted by molar-refractivity contribution is 0.229. The summed E-state index contributed by atoms with van der Waals surface area (Å²) in [5.41, 5.74) is 5.41. The zero-order valence-corrected chi connectivity index (χ0v) is 8.98. The van der Waals surface area contributed by atoms with E-state index in [2.05, 4.69) is 15.5 Å². The summed E-state index contributed by atoms with van der Waals surface area (Å²) in [4.78, 5) is 0. The van der Waals surface area contributed by atoms with Gasteiger partial charge in [-0.15, -0.1) is 10.2 Å². The van der Waals surface area contributed by atoms with Gasteiger partial charge >= 0.3 is 0 Å². The molecule has 84 valence electrons. The van der Waals surface area contributed by atoms with Crippen LogP contribution in [0.15, 0.2) is 12.1 Å². The molecule has 1 unspecified atom stereocenters. The first-order valence-corrected chi connectivity index (χ1v) is 5.16. The molecule has 0 radical (unpaired) electrons. The smallest absolute Gasteiger partial charge is 0.148 e. The number of aromatic nitrogens is 2. The Hall–Kier alpha value is -1.36. The second-order valence-electron chi connectivity index (χ2n) is 3.70. The third-order valence-electron chi connectivity index (χ3n) is 2.18. The van der Waals surface area contributed by atoms with Gasteiger partial charge in [-0.3, -0.25) is 0 Å². The molecule has 1 atom stereocenters.